The molecule has 0 aliphatic rings. The SMILES string of the molecule is [O]Cc1cccc2cn[nH]c12. The zero-order valence-corrected chi connectivity index (χ0v) is 5.87. The van der Waals surface area contributed by atoms with E-state index in [9.17, 15) is 5.11 Å². The van der Waals surface area contributed by atoms with E-state index < -0.39 is 0 Å². The van der Waals surface area contributed by atoms with Crippen LogP contribution in [0.1, 0.15) is 5.56 Å². The van der Waals surface area contributed by atoms with Crippen molar-refractivity contribution in [1.82, 2.24) is 10.2 Å². The Labute approximate surface area is 63.7 Å². The van der Waals surface area contributed by atoms with E-state index in [-0.39, 0.29) is 6.61 Å². The van der Waals surface area contributed by atoms with E-state index in [1.54, 1.807) is 6.20 Å². The van der Waals surface area contributed by atoms with E-state index in [1.807, 2.05) is 18.2 Å². The maximum absolute atomic E-state index is 10.6. The Hall–Kier alpha value is -1.35. The van der Waals surface area contributed by atoms with Crippen molar-refractivity contribution in [1.29, 1.82) is 0 Å². The molecule has 0 fully saturated rings. The smallest absolute Gasteiger partial charge is 0.109 e. The Morgan fingerprint density at radius 2 is 2.36 bits per heavy atom. The van der Waals surface area contributed by atoms with Gasteiger partial charge in [0.1, 0.15) is 6.61 Å². The first-order chi connectivity index (χ1) is 5.42. The van der Waals surface area contributed by atoms with Gasteiger partial charge < -0.3 is 0 Å². The summed E-state index contributed by atoms with van der Waals surface area (Å²) in [6.07, 6.45) is 1.72. The minimum absolute atomic E-state index is 0.195. The molecule has 0 aliphatic heterocycles. The number of benzene rings is 1. The van der Waals surface area contributed by atoms with E-state index in [1.165, 1.54) is 0 Å². The highest BCUT2D eigenvalue weighted by atomic mass is 16.3. The van der Waals surface area contributed by atoms with Gasteiger partial charge in [0.15, 0.2) is 0 Å². The Balaban J connectivity index is 2.79. The summed E-state index contributed by atoms with van der Waals surface area (Å²) in [5.74, 6) is 0. The number of hydrogen-bond donors (Lipinski definition) is 1. The van der Waals surface area contributed by atoms with E-state index >= 15 is 0 Å². The Morgan fingerprint density at radius 1 is 1.45 bits per heavy atom. The Morgan fingerprint density at radius 3 is 3.18 bits per heavy atom. The number of rotatable bonds is 1. The molecule has 2 aromatic rings. The fourth-order valence-electron chi connectivity index (χ4n) is 1.15. The molecule has 3 nitrogen and oxygen atoms in total. The van der Waals surface area contributed by atoms with Crippen LogP contribution in [-0.4, -0.2) is 10.2 Å². The molecule has 0 bridgehead atoms. The quantitative estimate of drug-likeness (QED) is 0.652. The zero-order chi connectivity index (χ0) is 7.68. The second-order valence-corrected chi connectivity index (χ2v) is 2.40. The highest BCUT2D eigenvalue weighted by Crippen LogP contribution is 2.14. The first kappa shape index (κ1) is 6.37. The lowest BCUT2D eigenvalue weighted by Crippen LogP contribution is -1.82. The number of H-pyrrole nitrogens is 1. The average molecular weight is 147 g/mol. The number of para-hydroxylation sites is 1. The molecule has 1 aromatic carbocycles. The van der Waals surface area contributed by atoms with Gasteiger partial charge in [-0.15, -0.1) is 0 Å². The number of aromatic nitrogens is 2. The second kappa shape index (κ2) is 2.36. The summed E-state index contributed by atoms with van der Waals surface area (Å²) >= 11 is 0. The van der Waals surface area contributed by atoms with Gasteiger partial charge in [0.25, 0.3) is 0 Å². The fourth-order valence-corrected chi connectivity index (χ4v) is 1.15. The summed E-state index contributed by atoms with van der Waals surface area (Å²) in [5, 5.41) is 18.2. The predicted molar refractivity (Wildman–Crippen MR) is 40.5 cm³/mol. The Bertz CT molecular complexity index is 367. The molecule has 11 heavy (non-hydrogen) atoms. The molecular weight excluding hydrogens is 140 g/mol. The van der Waals surface area contributed by atoms with Crippen molar-refractivity contribution < 1.29 is 5.11 Å². The lowest BCUT2D eigenvalue weighted by Gasteiger charge is -1.94. The second-order valence-electron chi connectivity index (χ2n) is 2.40. The van der Waals surface area contributed by atoms with E-state index in [0.29, 0.717) is 0 Å². The number of hydrogen-bond acceptors (Lipinski definition) is 1. The van der Waals surface area contributed by atoms with Gasteiger partial charge in [-0.25, -0.2) is 5.11 Å². The Kier molecular flexibility index (Phi) is 1.36. The van der Waals surface area contributed by atoms with Crippen LogP contribution < -0.4 is 0 Å². The van der Waals surface area contributed by atoms with Crippen LogP contribution in [0.4, 0.5) is 0 Å². The monoisotopic (exact) mass is 147 g/mol. The predicted octanol–water partition coefficient (Wildman–Crippen LogP) is 1.49. The molecule has 1 radical (unpaired) electrons. The third-order valence-corrected chi connectivity index (χ3v) is 1.72. The van der Waals surface area contributed by atoms with E-state index in [4.69, 9.17) is 0 Å². The fraction of sp³-hybridized carbons (Fsp3) is 0.125. The first-order valence-corrected chi connectivity index (χ1v) is 3.41. The average Bonchev–Trinajstić information content (AvgIpc) is 2.50. The molecule has 0 atom stereocenters. The van der Waals surface area contributed by atoms with Crippen molar-refractivity contribution in [3.63, 3.8) is 0 Å². The van der Waals surface area contributed by atoms with Gasteiger partial charge in [-0.05, 0) is 0 Å². The number of nitrogens with one attached hydrogen (secondary N) is 1. The maximum atomic E-state index is 10.6. The first-order valence-electron chi connectivity index (χ1n) is 3.41. The summed E-state index contributed by atoms with van der Waals surface area (Å²) in [6, 6.07) is 5.61. The summed E-state index contributed by atoms with van der Waals surface area (Å²) < 4.78 is 0. The van der Waals surface area contributed by atoms with Crippen molar-refractivity contribution in [3.05, 3.63) is 30.0 Å². The molecule has 0 saturated heterocycles. The van der Waals surface area contributed by atoms with Crippen molar-refractivity contribution in [2.24, 2.45) is 0 Å². The molecule has 0 unspecified atom stereocenters. The molecule has 1 N–H and O–H groups in total. The molecule has 0 aliphatic carbocycles. The lowest BCUT2D eigenvalue weighted by molar-refractivity contribution is 0.178. The van der Waals surface area contributed by atoms with E-state index in [2.05, 4.69) is 10.2 Å². The van der Waals surface area contributed by atoms with Gasteiger partial charge in [0, 0.05) is 10.9 Å². The minimum Gasteiger partial charge on any atom is -0.277 e. The molecule has 2 rings (SSSR count). The normalized spacial score (nSPS) is 10.6. The van der Waals surface area contributed by atoms with Gasteiger partial charge >= 0.3 is 0 Å². The number of nitrogens with zero attached hydrogens (tertiary/aromatic N) is 1. The van der Waals surface area contributed by atoms with Crippen LogP contribution in [0.3, 0.4) is 0 Å². The van der Waals surface area contributed by atoms with Crippen LogP contribution in [-0.2, 0) is 11.7 Å². The van der Waals surface area contributed by atoms with Crippen LogP contribution in [0.5, 0.6) is 0 Å². The summed E-state index contributed by atoms with van der Waals surface area (Å²) in [5.41, 5.74) is 1.64. The van der Waals surface area contributed by atoms with Crippen molar-refractivity contribution >= 4 is 10.9 Å². The van der Waals surface area contributed by atoms with Crippen molar-refractivity contribution in [2.45, 2.75) is 6.61 Å². The van der Waals surface area contributed by atoms with Gasteiger partial charge in [0.2, 0.25) is 0 Å². The molecule has 0 saturated carbocycles. The maximum Gasteiger partial charge on any atom is 0.109 e. The number of aromatic amines is 1. The summed E-state index contributed by atoms with van der Waals surface area (Å²) in [7, 11) is 0. The molecule has 0 spiro atoms. The molecule has 1 aromatic heterocycles. The highest BCUT2D eigenvalue weighted by Gasteiger charge is 1.99. The molecule has 55 valence electrons. The van der Waals surface area contributed by atoms with Crippen LogP contribution in [0.25, 0.3) is 10.9 Å². The van der Waals surface area contributed by atoms with Crippen molar-refractivity contribution in [3.8, 4) is 0 Å². The van der Waals surface area contributed by atoms with Crippen molar-refractivity contribution in [2.75, 3.05) is 0 Å². The summed E-state index contributed by atoms with van der Waals surface area (Å²) in [4.78, 5) is 0. The van der Waals surface area contributed by atoms with Crippen LogP contribution in [0, 0.1) is 0 Å². The van der Waals surface area contributed by atoms with Gasteiger partial charge in [-0.2, -0.15) is 5.10 Å². The molecule has 1 heterocycles. The molecule has 3 heteroatoms. The lowest BCUT2D eigenvalue weighted by atomic mass is 10.2. The minimum atomic E-state index is -0.195. The number of fused-ring (bicyclic) bond motifs is 1. The third-order valence-electron chi connectivity index (χ3n) is 1.72. The van der Waals surface area contributed by atoms with Crippen LogP contribution >= 0.6 is 0 Å². The zero-order valence-electron chi connectivity index (χ0n) is 5.87. The largest absolute Gasteiger partial charge is 0.277 e. The summed E-state index contributed by atoms with van der Waals surface area (Å²) in [6.45, 7) is -0.195. The van der Waals surface area contributed by atoms with Crippen LogP contribution in [0.15, 0.2) is 24.4 Å². The third kappa shape index (κ3) is 0.897. The highest BCUT2D eigenvalue weighted by molar-refractivity contribution is 5.80. The molecular formula is C8H7N2O. The van der Waals surface area contributed by atoms with E-state index in [0.717, 1.165) is 16.5 Å². The van der Waals surface area contributed by atoms with Gasteiger partial charge in [-0.1, -0.05) is 18.2 Å². The van der Waals surface area contributed by atoms with Gasteiger partial charge in [0.05, 0.1) is 11.7 Å². The standard InChI is InChI=1S/C8H7N2O/c11-5-7-3-1-2-6-4-9-10-8(6)7/h1-4H,5H2,(H,9,10). The molecule has 0 amide bonds. The topological polar surface area (TPSA) is 48.6 Å². The van der Waals surface area contributed by atoms with Crippen LogP contribution in [0.2, 0.25) is 0 Å². The van der Waals surface area contributed by atoms with Gasteiger partial charge in [-0.3, -0.25) is 5.10 Å².